The number of pyridine rings is 2. The van der Waals surface area contributed by atoms with E-state index in [-0.39, 0.29) is 0 Å². The van der Waals surface area contributed by atoms with Gasteiger partial charge in [-0.3, -0.25) is 9.97 Å². The topological polar surface area (TPSA) is 38.9 Å². The van der Waals surface area contributed by atoms with Crippen LogP contribution in [0.5, 0.6) is 0 Å². The third kappa shape index (κ3) is 3.20. The van der Waals surface area contributed by atoms with Crippen LogP contribution >= 0.6 is 0 Å². The lowest BCUT2D eigenvalue weighted by Crippen LogP contribution is -1.86. The zero-order valence-corrected chi connectivity index (χ0v) is 22.0. The molecule has 0 saturated carbocycles. The number of nitrogens with zero attached hydrogens (tertiary/aromatic N) is 2. The summed E-state index contributed by atoms with van der Waals surface area (Å²) in [5.74, 6) is 0. The zero-order chi connectivity index (χ0) is 26.9. The first kappa shape index (κ1) is 22.3. The summed E-state index contributed by atoms with van der Waals surface area (Å²) in [6.07, 6.45) is 3.74. The lowest BCUT2D eigenvalue weighted by atomic mass is 9.94. The maximum Gasteiger partial charge on any atom is 0.143 e. The molecule has 0 aliphatic heterocycles. The van der Waals surface area contributed by atoms with Crippen molar-refractivity contribution in [1.29, 1.82) is 0 Å². The van der Waals surface area contributed by atoms with Crippen molar-refractivity contribution in [3.63, 3.8) is 0 Å². The molecule has 41 heavy (non-hydrogen) atoms. The lowest BCUT2D eigenvalue weighted by Gasteiger charge is -2.10. The van der Waals surface area contributed by atoms with E-state index in [0.717, 1.165) is 87.5 Å². The minimum atomic E-state index is 0.888. The minimum Gasteiger partial charge on any atom is -0.455 e. The third-order valence-corrected chi connectivity index (χ3v) is 8.33. The highest BCUT2D eigenvalue weighted by Crippen LogP contribution is 2.44. The van der Waals surface area contributed by atoms with Gasteiger partial charge in [-0.25, -0.2) is 0 Å². The van der Waals surface area contributed by atoms with E-state index in [1.54, 1.807) is 0 Å². The Bertz CT molecular complexity index is 2320. The highest BCUT2D eigenvalue weighted by Gasteiger charge is 2.19. The molecule has 0 unspecified atom stereocenters. The van der Waals surface area contributed by atoms with Crippen LogP contribution in [-0.2, 0) is 0 Å². The fourth-order valence-corrected chi connectivity index (χ4v) is 6.52. The van der Waals surface area contributed by atoms with Gasteiger partial charge in [0.25, 0.3) is 0 Å². The minimum absolute atomic E-state index is 0.888. The van der Waals surface area contributed by atoms with Crippen molar-refractivity contribution in [2.24, 2.45) is 0 Å². The van der Waals surface area contributed by atoms with E-state index in [4.69, 9.17) is 14.4 Å². The average Bonchev–Trinajstić information content (AvgIpc) is 3.43. The van der Waals surface area contributed by atoms with Crippen LogP contribution in [0, 0.1) is 0 Å². The number of hydrogen-bond donors (Lipinski definition) is 0. The van der Waals surface area contributed by atoms with Gasteiger partial charge in [0.2, 0.25) is 0 Å². The largest absolute Gasteiger partial charge is 0.455 e. The molecule has 9 rings (SSSR count). The zero-order valence-electron chi connectivity index (χ0n) is 22.0. The molecular formula is C38H22N2O. The summed E-state index contributed by atoms with van der Waals surface area (Å²) < 4.78 is 6.90. The summed E-state index contributed by atoms with van der Waals surface area (Å²) in [7, 11) is 0. The molecule has 190 valence electrons. The number of benzene rings is 6. The summed E-state index contributed by atoms with van der Waals surface area (Å²) in [4.78, 5) is 9.58. The monoisotopic (exact) mass is 522 g/mol. The maximum absolute atomic E-state index is 6.90. The lowest BCUT2D eigenvalue weighted by molar-refractivity contribution is 0.671. The van der Waals surface area contributed by atoms with Gasteiger partial charge in [0, 0.05) is 55.8 Å². The van der Waals surface area contributed by atoms with Gasteiger partial charge >= 0.3 is 0 Å². The molecule has 3 aromatic heterocycles. The molecule has 0 aliphatic rings. The van der Waals surface area contributed by atoms with Crippen LogP contribution in [0.3, 0.4) is 0 Å². The van der Waals surface area contributed by atoms with Crippen molar-refractivity contribution < 1.29 is 4.42 Å². The molecule has 0 atom stereocenters. The van der Waals surface area contributed by atoms with E-state index in [2.05, 4.69) is 109 Å². The van der Waals surface area contributed by atoms with Crippen LogP contribution in [0.15, 0.2) is 138 Å². The molecule has 6 aromatic carbocycles. The third-order valence-electron chi connectivity index (χ3n) is 8.33. The van der Waals surface area contributed by atoms with Gasteiger partial charge in [0.1, 0.15) is 11.2 Å². The van der Waals surface area contributed by atoms with Crippen LogP contribution in [0.25, 0.3) is 87.5 Å². The Balaban J connectivity index is 1.37. The average molecular weight is 523 g/mol. The molecule has 0 saturated heterocycles. The van der Waals surface area contributed by atoms with Crippen molar-refractivity contribution in [2.45, 2.75) is 0 Å². The summed E-state index contributed by atoms with van der Waals surface area (Å²) in [5, 5.41) is 9.08. The summed E-state index contributed by atoms with van der Waals surface area (Å²) in [6, 6.07) is 42.7. The van der Waals surface area contributed by atoms with Crippen molar-refractivity contribution in [3.05, 3.63) is 134 Å². The van der Waals surface area contributed by atoms with Crippen molar-refractivity contribution >= 4 is 65.3 Å². The van der Waals surface area contributed by atoms with Gasteiger partial charge in [-0.15, -0.1) is 0 Å². The van der Waals surface area contributed by atoms with Crippen LogP contribution in [-0.4, -0.2) is 9.97 Å². The van der Waals surface area contributed by atoms with E-state index in [9.17, 15) is 0 Å². The number of hydrogen-bond acceptors (Lipinski definition) is 3. The quantitative estimate of drug-likeness (QED) is 0.212. The standard InChI is InChI=1S/C38H22N2O/c1-7-23-17-19-25-9-5-21-39-35(25)33(23)27(11-1)29-13-3-15-31-32-16-4-14-30(38(32)41-37(29)31)28-12-2-8-24-18-20-26-10-6-22-40-36(26)34(24)28/h1-22H. The molecule has 0 bridgehead atoms. The van der Waals surface area contributed by atoms with Crippen molar-refractivity contribution in [3.8, 4) is 22.3 Å². The molecule has 0 aliphatic carbocycles. The van der Waals surface area contributed by atoms with Gasteiger partial charge in [-0.1, -0.05) is 109 Å². The normalized spacial score (nSPS) is 11.9. The second-order valence-electron chi connectivity index (χ2n) is 10.6. The van der Waals surface area contributed by atoms with Crippen LogP contribution in [0.1, 0.15) is 0 Å². The molecule has 0 N–H and O–H groups in total. The Morgan fingerprint density at radius 3 is 1.29 bits per heavy atom. The SMILES string of the molecule is c1cnc2c(c1)ccc1cccc(-c3cccc4c3oc3c(-c5cccc6ccc7cccnc7c56)cccc34)c12. The number of para-hydroxylation sites is 2. The first-order chi connectivity index (χ1) is 20.3. The predicted octanol–water partition coefficient (Wildman–Crippen LogP) is 10.3. The van der Waals surface area contributed by atoms with Gasteiger partial charge < -0.3 is 4.42 Å². The molecule has 3 heteroatoms. The Morgan fingerprint density at radius 2 is 0.780 bits per heavy atom. The number of fused-ring (bicyclic) bond motifs is 9. The van der Waals surface area contributed by atoms with E-state index < -0.39 is 0 Å². The van der Waals surface area contributed by atoms with Crippen LogP contribution < -0.4 is 0 Å². The number of rotatable bonds is 2. The maximum atomic E-state index is 6.90. The van der Waals surface area contributed by atoms with Crippen molar-refractivity contribution in [2.75, 3.05) is 0 Å². The Kier molecular flexibility index (Phi) is 4.61. The second-order valence-corrected chi connectivity index (χ2v) is 10.6. The molecule has 0 radical (unpaired) electrons. The molecule has 3 nitrogen and oxygen atoms in total. The van der Waals surface area contributed by atoms with Crippen LogP contribution in [0.2, 0.25) is 0 Å². The first-order valence-electron chi connectivity index (χ1n) is 13.8. The fraction of sp³-hybridized carbons (Fsp3) is 0. The van der Waals surface area contributed by atoms with Gasteiger partial charge in [0.15, 0.2) is 0 Å². The smallest absolute Gasteiger partial charge is 0.143 e. The number of furan rings is 1. The van der Waals surface area contributed by atoms with Gasteiger partial charge in [-0.2, -0.15) is 0 Å². The Hall–Kier alpha value is -5.54. The van der Waals surface area contributed by atoms with Gasteiger partial charge in [0.05, 0.1) is 11.0 Å². The van der Waals surface area contributed by atoms with Crippen LogP contribution in [0.4, 0.5) is 0 Å². The van der Waals surface area contributed by atoms with Gasteiger partial charge in [-0.05, 0) is 34.0 Å². The van der Waals surface area contributed by atoms with E-state index >= 15 is 0 Å². The Morgan fingerprint density at radius 1 is 0.366 bits per heavy atom. The fourth-order valence-electron chi connectivity index (χ4n) is 6.52. The second kappa shape index (κ2) is 8.48. The molecule has 9 aromatic rings. The van der Waals surface area contributed by atoms with Crippen molar-refractivity contribution in [1.82, 2.24) is 9.97 Å². The van der Waals surface area contributed by atoms with E-state index in [1.807, 2.05) is 24.5 Å². The highest BCUT2D eigenvalue weighted by atomic mass is 16.3. The van der Waals surface area contributed by atoms with E-state index in [1.165, 1.54) is 0 Å². The summed E-state index contributed by atoms with van der Waals surface area (Å²) in [6.45, 7) is 0. The Labute approximate surface area is 235 Å². The molecule has 0 fully saturated rings. The van der Waals surface area contributed by atoms with E-state index in [0.29, 0.717) is 0 Å². The summed E-state index contributed by atoms with van der Waals surface area (Å²) >= 11 is 0. The predicted molar refractivity (Wildman–Crippen MR) is 170 cm³/mol. The molecular weight excluding hydrogens is 500 g/mol. The molecule has 0 amide bonds. The first-order valence-corrected chi connectivity index (χ1v) is 13.8. The number of aromatic nitrogens is 2. The highest BCUT2D eigenvalue weighted by molar-refractivity contribution is 6.20. The molecule has 0 spiro atoms. The molecule has 3 heterocycles. The summed E-state index contributed by atoms with van der Waals surface area (Å²) in [5.41, 5.74) is 8.17.